The summed E-state index contributed by atoms with van der Waals surface area (Å²) in [4.78, 5) is 12.5. The van der Waals surface area contributed by atoms with Crippen LogP contribution in [0.4, 0.5) is 9.18 Å². The van der Waals surface area contributed by atoms with E-state index in [1.807, 2.05) is 0 Å². The Kier molecular flexibility index (Phi) is 3.08. The molecule has 1 saturated heterocycles. The number of hydrogen-bond donors (Lipinski definition) is 1. The van der Waals surface area contributed by atoms with E-state index in [-0.39, 0.29) is 11.9 Å². The molecule has 0 spiro atoms. The zero-order valence-electron chi connectivity index (χ0n) is 8.90. The van der Waals surface area contributed by atoms with Crippen molar-refractivity contribution in [2.45, 2.75) is 25.3 Å². The number of piperidine rings is 1. The largest absolute Gasteiger partial charge is 0.465 e. The summed E-state index contributed by atoms with van der Waals surface area (Å²) in [5, 5.41) is 9.08. The maximum absolute atomic E-state index is 12.8. The maximum Gasteiger partial charge on any atom is 0.407 e. The molecule has 1 N–H and O–H groups in total. The lowest BCUT2D eigenvalue weighted by Gasteiger charge is -2.33. The Morgan fingerprint density at radius 1 is 1.31 bits per heavy atom. The summed E-state index contributed by atoms with van der Waals surface area (Å²) in [6.45, 7) is 0.567. The van der Waals surface area contributed by atoms with E-state index < -0.39 is 6.09 Å². The molecule has 1 aliphatic rings. The minimum Gasteiger partial charge on any atom is -0.465 e. The number of nitrogens with zero attached hydrogens (tertiary/aromatic N) is 1. The fraction of sp³-hybridized carbons (Fsp3) is 0.417. The van der Waals surface area contributed by atoms with Gasteiger partial charge in [-0.2, -0.15) is 0 Å². The van der Waals surface area contributed by atoms with Gasteiger partial charge < -0.3 is 10.0 Å². The molecule has 1 atom stereocenters. The van der Waals surface area contributed by atoms with Crippen LogP contribution in [0.5, 0.6) is 0 Å². The van der Waals surface area contributed by atoms with Gasteiger partial charge in [0.2, 0.25) is 0 Å². The lowest BCUT2D eigenvalue weighted by atomic mass is 9.96. The molecule has 1 heterocycles. The van der Waals surface area contributed by atoms with Gasteiger partial charge in [-0.05, 0) is 37.0 Å². The summed E-state index contributed by atoms with van der Waals surface area (Å²) in [5.41, 5.74) is 0.878. The van der Waals surface area contributed by atoms with Crippen LogP contribution < -0.4 is 0 Å². The Morgan fingerprint density at radius 2 is 2.00 bits per heavy atom. The Labute approximate surface area is 93.5 Å². The molecule has 16 heavy (non-hydrogen) atoms. The van der Waals surface area contributed by atoms with Crippen molar-refractivity contribution in [1.82, 2.24) is 4.90 Å². The van der Waals surface area contributed by atoms with Crippen LogP contribution in [0.3, 0.4) is 0 Å². The van der Waals surface area contributed by atoms with Gasteiger partial charge >= 0.3 is 6.09 Å². The molecule has 1 unspecified atom stereocenters. The quantitative estimate of drug-likeness (QED) is 0.795. The minimum absolute atomic E-state index is 0.119. The number of rotatable bonds is 1. The third kappa shape index (κ3) is 2.15. The molecule has 86 valence electrons. The van der Waals surface area contributed by atoms with Crippen LogP contribution in [0, 0.1) is 5.82 Å². The van der Waals surface area contributed by atoms with Gasteiger partial charge in [-0.3, -0.25) is 0 Å². The standard InChI is InChI=1S/C12H14FNO2/c13-10-6-4-9(5-7-10)11-3-1-2-8-14(11)12(15)16/h4-7,11H,1-3,8H2,(H,15,16). The monoisotopic (exact) mass is 223 g/mol. The number of benzene rings is 1. The van der Waals surface area contributed by atoms with Crippen molar-refractivity contribution in [2.24, 2.45) is 0 Å². The normalized spacial score (nSPS) is 20.8. The number of amides is 1. The lowest BCUT2D eigenvalue weighted by Crippen LogP contribution is -2.37. The number of likely N-dealkylation sites (tertiary alicyclic amines) is 1. The van der Waals surface area contributed by atoms with E-state index >= 15 is 0 Å². The molecule has 0 saturated carbocycles. The molecule has 4 heteroatoms. The Hall–Kier alpha value is -1.58. The maximum atomic E-state index is 12.8. The van der Waals surface area contributed by atoms with Crippen LogP contribution in [0.1, 0.15) is 30.9 Å². The second kappa shape index (κ2) is 4.51. The first-order chi connectivity index (χ1) is 7.68. The SMILES string of the molecule is O=C(O)N1CCCCC1c1ccc(F)cc1. The highest BCUT2D eigenvalue weighted by Gasteiger charge is 2.27. The second-order valence-corrected chi connectivity index (χ2v) is 4.04. The first-order valence-electron chi connectivity index (χ1n) is 5.43. The third-order valence-electron chi connectivity index (χ3n) is 3.00. The highest BCUT2D eigenvalue weighted by molar-refractivity contribution is 5.66. The summed E-state index contributed by atoms with van der Waals surface area (Å²) >= 11 is 0. The van der Waals surface area contributed by atoms with Crippen molar-refractivity contribution < 1.29 is 14.3 Å². The Bertz CT molecular complexity index is 377. The van der Waals surface area contributed by atoms with Gasteiger partial charge in [-0.25, -0.2) is 9.18 Å². The molecule has 1 aliphatic heterocycles. The van der Waals surface area contributed by atoms with Gasteiger partial charge in [-0.15, -0.1) is 0 Å². The van der Waals surface area contributed by atoms with E-state index in [1.54, 1.807) is 12.1 Å². The molecule has 0 aliphatic carbocycles. The van der Waals surface area contributed by atoms with E-state index in [1.165, 1.54) is 17.0 Å². The molecule has 0 aromatic heterocycles. The van der Waals surface area contributed by atoms with Crippen LogP contribution in [-0.4, -0.2) is 22.6 Å². The molecule has 3 nitrogen and oxygen atoms in total. The molecule has 1 amide bonds. The topological polar surface area (TPSA) is 40.5 Å². The van der Waals surface area contributed by atoms with Gasteiger partial charge in [0.25, 0.3) is 0 Å². The van der Waals surface area contributed by atoms with Crippen LogP contribution in [0.25, 0.3) is 0 Å². The summed E-state index contributed by atoms with van der Waals surface area (Å²) in [7, 11) is 0. The van der Waals surface area contributed by atoms with Crippen molar-refractivity contribution in [3.05, 3.63) is 35.6 Å². The zero-order valence-corrected chi connectivity index (χ0v) is 8.90. The number of carbonyl (C=O) groups is 1. The number of hydrogen-bond acceptors (Lipinski definition) is 1. The zero-order chi connectivity index (χ0) is 11.5. The molecule has 1 aromatic carbocycles. The fourth-order valence-corrected chi connectivity index (χ4v) is 2.19. The van der Waals surface area contributed by atoms with E-state index in [9.17, 15) is 9.18 Å². The average Bonchev–Trinajstić information content (AvgIpc) is 2.30. The van der Waals surface area contributed by atoms with Gasteiger partial charge in [0.1, 0.15) is 5.82 Å². The van der Waals surface area contributed by atoms with E-state index in [2.05, 4.69) is 0 Å². The molecule has 1 aromatic rings. The third-order valence-corrected chi connectivity index (χ3v) is 3.00. The van der Waals surface area contributed by atoms with E-state index in [4.69, 9.17) is 5.11 Å². The highest BCUT2D eigenvalue weighted by atomic mass is 19.1. The van der Waals surface area contributed by atoms with Crippen molar-refractivity contribution >= 4 is 6.09 Å². The summed E-state index contributed by atoms with van der Waals surface area (Å²) in [6.07, 6.45) is 1.85. The highest BCUT2D eigenvalue weighted by Crippen LogP contribution is 2.30. The minimum atomic E-state index is -0.894. The second-order valence-electron chi connectivity index (χ2n) is 4.04. The average molecular weight is 223 g/mol. The molecule has 2 rings (SSSR count). The Balaban J connectivity index is 2.23. The van der Waals surface area contributed by atoms with Gasteiger partial charge in [-0.1, -0.05) is 12.1 Å². The van der Waals surface area contributed by atoms with Crippen molar-refractivity contribution in [1.29, 1.82) is 0 Å². The predicted octanol–water partition coefficient (Wildman–Crippen LogP) is 3.03. The fourth-order valence-electron chi connectivity index (χ4n) is 2.19. The van der Waals surface area contributed by atoms with Crippen molar-refractivity contribution in [2.75, 3.05) is 6.54 Å². The van der Waals surface area contributed by atoms with Crippen LogP contribution in [-0.2, 0) is 0 Å². The number of carboxylic acid groups (broad SMARTS) is 1. The van der Waals surface area contributed by atoms with Crippen LogP contribution in [0.15, 0.2) is 24.3 Å². The van der Waals surface area contributed by atoms with E-state index in [0.717, 1.165) is 24.8 Å². The lowest BCUT2D eigenvalue weighted by molar-refractivity contribution is 0.106. The predicted molar refractivity (Wildman–Crippen MR) is 57.7 cm³/mol. The smallest absolute Gasteiger partial charge is 0.407 e. The molecular formula is C12H14FNO2. The first-order valence-corrected chi connectivity index (χ1v) is 5.43. The molecule has 0 radical (unpaired) electrons. The van der Waals surface area contributed by atoms with Crippen LogP contribution in [0.2, 0.25) is 0 Å². The first kappa shape index (κ1) is 10.9. The summed E-state index contributed by atoms with van der Waals surface area (Å²) in [5.74, 6) is -0.290. The van der Waals surface area contributed by atoms with Gasteiger partial charge in [0.15, 0.2) is 0 Å². The Morgan fingerprint density at radius 3 is 2.62 bits per heavy atom. The number of halogens is 1. The van der Waals surface area contributed by atoms with Crippen molar-refractivity contribution in [3.63, 3.8) is 0 Å². The van der Waals surface area contributed by atoms with E-state index in [0.29, 0.717) is 6.54 Å². The summed E-state index contributed by atoms with van der Waals surface area (Å²) < 4.78 is 12.8. The van der Waals surface area contributed by atoms with Crippen LogP contribution >= 0.6 is 0 Å². The molecular weight excluding hydrogens is 209 g/mol. The molecule has 0 bridgehead atoms. The van der Waals surface area contributed by atoms with Gasteiger partial charge in [0.05, 0.1) is 6.04 Å². The van der Waals surface area contributed by atoms with Crippen molar-refractivity contribution in [3.8, 4) is 0 Å². The molecule has 1 fully saturated rings. The summed E-state index contributed by atoms with van der Waals surface area (Å²) in [6, 6.07) is 5.98. The van der Waals surface area contributed by atoms with Gasteiger partial charge in [0, 0.05) is 6.54 Å².